The van der Waals surface area contributed by atoms with E-state index in [0.29, 0.717) is 6.54 Å². The molecule has 4 nitrogen and oxygen atoms in total. The van der Waals surface area contributed by atoms with Crippen LogP contribution in [-0.4, -0.2) is 35.9 Å². The number of benzene rings is 1. The predicted octanol–water partition coefficient (Wildman–Crippen LogP) is 1.73. The number of nitrogens with zero attached hydrogens (tertiary/aromatic N) is 1. The Morgan fingerprint density at radius 3 is 2.83 bits per heavy atom. The van der Waals surface area contributed by atoms with Crippen LogP contribution in [0.5, 0.6) is 0 Å². The lowest BCUT2D eigenvalue weighted by atomic mass is 10.1. The average molecular weight is 245 g/mol. The summed E-state index contributed by atoms with van der Waals surface area (Å²) >= 11 is 0. The first-order valence-corrected chi connectivity index (χ1v) is 6.09. The Morgan fingerprint density at radius 1 is 1.39 bits per heavy atom. The summed E-state index contributed by atoms with van der Waals surface area (Å²) in [5, 5.41) is 4.45. The van der Waals surface area contributed by atoms with Gasteiger partial charge in [0.05, 0.1) is 6.04 Å². The Morgan fingerprint density at radius 2 is 2.11 bits per heavy atom. The zero-order chi connectivity index (χ0) is 13.1. The number of aromatic amines is 1. The van der Waals surface area contributed by atoms with Gasteiger partial charge in [-0.25, -0.2) is 0 Å². The lowest BCUT2D eigenvalue weighted by Gasteiger charge is -2.17. The summed E-state index contributed by atoms with van der Waals surface area (Å²) in [6.45, 7) is 2.57. The van der Waals surface area contributed by atoms with Gasteiger partial charge in [-0.3, -0.25) is 4.79 Å². The maximum absolute atomic E-state index is 11.7. The van der Waals surface area contributed by atoms with Crippen LogP contribution in [0.3, 0.4) is 0 Å². The maximum Gasteiger partial charge on any atom is 0.238 e. The van der Waals surface area contributed by atoms with E-state index in [-0.39, 0.29) is 11.9 Å². The van der Waals surface area contributed by atoms with Gasteiger partial charge in [0, 0.05) is 37.7 Å². The van der Waals surface area contributed by atoms with E-state index in [1.807, 2.05) is 31.3 Å². The van der Waals surface area contributed by atoms with Gasteiger partial charge in [-0.15, -0.1) is 0 Å². The maximum atomic E-state index is 11.7. The highest BCUT2D eigenvalue weighted by Gasteiger charge is 2.14. The number of H-pyrrole nitrogens is 1. The van der Waals surface area contributed by atoms with Crippen molar-refractivity contribution in [3.8, 4) is 0 Å². The van der Waals surface area contributed by atoms with E-state index in [1.54, 1.807) is 19.0 Å². The smallest absolute Gasteiger partial charge is 0.238 e. The molecule has 1 aromatic heterocycles. The highest BCUT2D eigenvalue weighted by atomic mass is 16.2. The summed E-state index contributed by atoms with van der Waals surface area (Å²) in [5.74, 6) is 0.0924. The van der Waals surface area contributed by atoms with Crippen LogP contribution in [0, 0.1) is 0 Å². The van der Waals surface area contributed by atoms with Crippen LogP contribution in [-0.2, 0) is 11.3 Å². The molecule has 0 aliphatic rings. The molecule has 0 saturated carbocycles. The van der Waals surface area contributed by atoms with Crippen LogP contribution in [0.1, 0.15) is 12.5 Å². The van der Waals surface area contributed by atoms with Crippen molar-refractivity contribution < 1.29 is 4.79 Å². The summed E-state index contributed by atoms with van der Waals surface area (Å²) in [4.78, 5) is 16.6. The molecular formula is C14H19N3O. The molecule has 0 bridgehead atoms. The molecule has 1 heterocycles. The largest absolute Gasteiger partial charge is 0.361 e. The normalized spacial score (nSPS) is 12.6. The SMILES string of the molecule is CC(NCc1c[nH]c2ccccc12)C(=O)N(C)C. The quantitative estimate of drug-likeness (QED) is 0.862. The summed E-state index contributed by atoms with van der Waals surface area (Å²) in [7, 11) is 3.54. The number of hydrogen-bond donors (Lipinski definition) is 2. The number of aromatic nitrogens is 1. The van der Waals surface area contributed by atoms with Crippen molar-refractivity contribution >= 4 is 16.8 Å². The zero-order valence-corrected chi connectivity index (χ0v) is 11.0. The van der Waals surface area contributed by atoms with Crippen molar-refractivity contribution in [2.24, 2.45) is 0 Å². The number of hydrogen-bond acceptors (Lipinski definition) is 2. The van der Waals surface area contributed by atoms with Crippen molar-refractivity contribution in [2.75, 3.05) is 14.1 Å². The third-order valence-corrected chi connectivity index (χ3v) is 3.08. The molecule has 2 rings (SSSR count). The van der Waals surface area contributed by atoms with Gasteiger partial charge < -0.3 is 15.2 Å². The predicted molar refractivity (Wildman–Crippen MR) is 73.3 cm³/mol. The zero-order valence-electron chi connectivity index (χ0n) is 11.0. The van der Waals surface area contributed by atoms with Crippen molar-refractivity contribution in [1.29, 1.82) is 0 Å². The van der Waals surface area contributed by atoms with E-state index in [0.717, 1.165) is 5.52 Å². The molecule has 96 valence electrons. The second kappa shape index (κ2) is 5.23. The van der Waals surface area contributed by atoms with Crippen LogP contribution in [0.15, 0.2) is 30.5 Å². The Bertz CT molecular complexity index is 545. The van der Waals surface area contributed by atoms with Gasteiger partial charge >= 0.3 is 0 Å². The lowest BCUT2D eigenvalue weighted by molar-refractivity contribution is -0.130. The van der Waals surface area contributed by atoms with Gasteiger partial charge in [0.2, 0.25) is 5.91 Å². The van der Waals surface area contributed by atoms with E-state index in [2.05, 4.69) is 16.4 Å². The molecule has 2 aromatic rings. The van der Waals surface area contributed by atoms with Crippen LogP contribution in [0.25, 0.3) is 10.9 Å². The first-order chi connectivity index (χ1) is 8.59. The number of likely N-dealkylation sites (N-methyl/N-ethyl adjacent to an activating group) is 1. The van der Waals surface area contributed by atoms with Crippen LogP contribution in [0.2, 0.25) is 0 Å². The molecule has 18 heavy (non-hydrogen) atoms. The van der Waals surface area contributed by atoms with E-state index in [9.17, 15) is 4.79 Å². The number of carbonyl (C=O) groups is 1. The number of amides is 1. The molecule has 1 aromatic carbocycles. The molecule has 1 unspecified atom stereocenters. The van der Waals surface area contributed by atoms with Crippen LogP contribution >= 0.6 is 0 Å². The second-order valence-electron chi connectivity index (χ2n) is 4.69. The Kier molecular flexibility index (Phi) is 3.67. The van der Waals surface area contributed by atoms with E-state index >= 15 is 0 Å². The number of carbonyl (C=O) groups excluding carboxylic acids is 1. The molecule has 0 fully saturated rings. The van der Waals surface area contributed by atoms with Crippen molar-refractivity contribution in [2.45, 2.75) is 19.5 Å². The Balaban J connectivity index is 2.04. The standard InChI is InChI=1S/C14H19N3O/c1-10(14(18)17(2)3)15-8-11-9-16-13-7-5-4-6-12(11)13/h4-7,9-10,15-16H,8H2,1-3H3. The molecule has 0 saturated heterocycles. The van der Waals surface area contributed by atoms with Crippen LogP contribution < -0.4 is 5.32 Å². The molecule has 1 atom stereocenters. The third kappa shape index (κ3) is 2.54. The van der Waals surface area contributed by atoms with Crippen LogP contribution in [0.4, 0.5) is 0 Å². The summed E-state index contributed by atoms with van der Waals surface area (Å²) in [6, 6.07) is 7.99. The highest BCUT2D eigenvalue weighted by molar-refractivity contribution is 5.83. The minimum atomic E-state index is -0.173. The summed E-state index contributed by atoms with van der Waals surface area (Å²) < 4.78 is 0. The molecule has 1 amide bonds. The Hall–Kier alpha value is -1.81. The first kappa shape index (κ1) is 12.6. The summed E-state index contributed by atoms with van der Waals surface area (Å²) in [5.41, 5.74) is 2.31. The lowest BCUT2D eigenvalue weighted by Crippen LogP contribution is -2.41. The third-order valence-electron chi connectivity index (χ3n) is 3.08. The molecule has 4 heteroatoms. The Labute approximate surface area is 107 Å². The fraction of sp³-hybridized carbons (Fsp3) is 0.357. The van der Waals surface area contributed by atoms with E-state index in [4.69, 9.17) is 0 Å². The first-order valence-electron chi connectivity index (χ1n) is 6.09. The highest BCUT2D eigenvalue weighted by Crippen LogP contribution is 2.17. The van der Waals surface area contributed by atoms with Gasteiger partial charge in [0.1, 0.15) is 0 Å². The average Bonchev–Trinajstić information content (AvgIpc) is 2.78. The number of rotatable bonds is 4. The topological polar surface area (TPSA) is 48.1 Å². The molecule has 0 aliphatic heterocycles. The fourth-order valence-corrected chi connectivity index (χ4v) is 2.02. The van der Waals surface area contributed by atoms with E-state index < -0.39 is 0 Å². The number of para-hydroxylation sites is 1. The van der Waals surface area contributed by atoms with Gasteiger partial charge in [-0.1, -0.05) is 18.2 Å². The molecule has 0 spiro atoms. The van der Waals surface area contributed by atoms with Crippen molar-refractivity contribution in [3.63, 3.8) is 0 Å². The number of nitrogens with one attached hydrogen (secondary N) is 2. The monoisotopic (exact) mass is 245 g/mol. The van der Waals surface area contributed by atoms with Gasteiger partial charge in [-0.05, 0) is 18.6 Å². The fourth-order valence-electron chi connectivity index (χ4n) is 2.02. The van der Waals surface area contributed by atoms with Gasteiger partial charge in [0.15, 0.2) is 0 Å². The van der Waals surface area contributed by atoms with E-state index in [1.165, 1.54) is 10.9 Å². The minimum Gasteiger partial charge on any atom is -0.361 e. The molecule has 2 N–H and O–H groups in total. The minimum absolute atomic E-state index is 0.0924. The second-order valence-corrected chi connectivity index (χ2v) is 4.69. The molecule has 0 aliphatic carbocycles. The van der Waals surface area contributed by atoms with Crippen molar-refractivity contribution in [1.82, 2.24) is 15.2 Å². The van der Waals surface area contributed by atoms with Crippen molar-refractivity contribution in [3.05, 3.63) is 36.0 Å². The molecule has 0 radical (unpaired) electrons. The number of fused-ring (bicyclic) bond motifs is 1. The van der Waals surface area contributed by atoms with Gasteiger partial charge in [0.25, 0.3) is 0 Å². The summed E-state index contributed by atoms with van der Waals surface area (Å²) in [6.07, 6.45) is 1.99. The molecular weight excluding hydrogens is 226 g/mol. The van der Waals surface area contributed by atoms with Gasteiger partial charge in [-0.2, -0.15) is 0 Å².